The zero-order valence-corrected chi connectivity index (χ0v) is 11.3. The van der Waals surface area contributed by atoms with Crippen LogP contribution in [-0.4, -0.2) is 5.78 Å². The largest absolute Gasteiger partial charge is 0.300 e. The zero-order valence-electron chi connectivity index (χ0n) is 11.3. The maximum atomic E-state index is 11.5. The Morgan fingerprint density at radius 1 is 1.12 bits per heavy atom. The third-order valence-corrected chi connectivity index (χ3v) is 3.99. The summed E-state index contributed by atoms with van der Waals surface area (Å²) in [6.45, 7) is 8.89. The van der Waals surface area contributed by atoms with Crippen molar-refractivity contribution in [1.82, 2.24) is 0 Å². The molecule has 92 valence electrons. The van der Waals surface area contributed by atoms with Crippen LogP contribution in [0.1, 0.15) is 58.1 Å². The topological polar surface area (TPSA) is 17.1 Å². The molecule has 0 heterocycles. The van der Waals surface area contributed by atoms with Crippen LogP contribution in [0, 0.1) is 0 Å². The zero-order chi connectivity index (χ0) is 12.7. The number of ketones is 1. The third-order valence-electron chi connectivity index (χ3n) is 3.99. The van der Waals surface area contributed by atoms with Gasteiger partial charge in [-0.25, -0.2) is 0 Å². The predicted molar refractivity (Wildman–Crippen MR) is 71.4 cm³/mol. The van der Waals surface area contributed by atoms with E-state index in [9.17, 15) is 4.79 Å². The first kappa shape index (κ1) is 12.3. The molecule has 0 saturated heterocycles. The van der Waals surface area contributed by atoms with Crippen LogP contribution in [0.15, 0.2) is 24.3 Å². The number of hydrogen-bond acceptors (Lipinski definition) is 1. The maximum absolute atomic E-state index is 11.5. The second kappa shape index (κ2) is 3.97. The van der Waals surface area contributed by atoms with Crippen molar-refractivity contribution in [2.45, 2.75) is 57.8 Å². The molecule has 0 radical (unpaired) electrons. The minimum Gasteiger partial charge on any atom is -0.300 e. The summed E-state index contributed by atoms with van der Waals surface area (Å²) in [5.74, 6) is 0.410. The number of carbonyl (C=O) groups excluding carboxylic acids is 1. The van der Waals surface area contributed by atoms with Crippen LogP contribution in [-0.2, 0) is 15.6 Å². The lowest BCUT2D eigenvalue weighted by Gasteiger charge is -2.25. The van der Waals surface area contributed by atoms with Crippen LogP contribution in [0.3, 0.4) is 0 Å². The Morgan fingerprint density at radius 2 is 1.71 bits per heavy atom. The van der Waals surface area contributed by atoms with Crippen molar-refractivity contribution in [2.24, 2.45) is 0 Å². The maximum Gasteiger partial charge on any atom is 0.133 e. The van der Waals surface area contributed by atoms with E-state index in [4.69, 9.17) is 0 Å². The van der Waals surface area contributed by atoms with E-state index in [2.05, 4.69) is 52.0 Å². The molecule has 1 aliphatic carbocycles. The predicted octanol–water partition coefficient (Wildman–Crippen LogP) is 3.99. The average Bonchev–Trinajstić information content (AvgIpc) is 2.59. The molecule has 1 saturated carbocycles. The fourth-order valence-corrected chi connectivity index (χ4v) is 2.65. The van der Waals surface area contributed by atoms with Crippen molar-refractivity contribution in [1.29, 1.82) is 0 Å². The quantitative estimate of drug-likeness (QED) is 0.713. The highest BCUT2D eigenvalue weighted by Gasteiger charge is 2.35. The molecule has 1 unspecified atom stereocenters. The average molecular weight is 230 g/mol. The minimum atomic E-state index is 0.0769. The molecule has 1 nitrogen and oxygen atoms in total. The molecule has 0 amide bonds. The summed E-state index contributed by atoms with van der Waals surface area (Å²) in [5, 5.41) is 0. The van der Waals surface area contributed by atoms with E-state index in [0.29, 0.717) is 12.2 Å². The lowest BCUT2D eigenvalue weighted by Crippen LogP contribution is -2.18. The summed E-state index contributed by atoms with van der Waals surface area (Å²) in [6.07, 6.45) is 2.46. The number of hydrogen-bond donors (Lipinski definition) is 0. The van der Waals surface area contributed by atoms with E-state index in [0.717, 1.165) is 12.8 Å². The summed E-state index contributed by atoms with van der Waals surface area (Å²) in [5.41, 5.74) is 2.95. The van der Waals surface area contributed by atoms with Crippen LogP contribution in [0.5, 0.6) is 0 Å². The van der Waals surface area contributed by atoms with Gasteiger partial charge in [0.15, 0.2) is 0 Å². The smallest absolute Gasteiger partial charge is 0.133 e. The van der Waals surface area contributed by atoms with E-state index in [1.807, 2.05) is 0 Å². The lowest BCUT2D eigenvalue weighted by molar-refractivity contribution is -0.117. The van der Waals surface area contributed by atoms with Gasteiger partial charge in [0.2, 0.25) is 0 Å². The summed E-state index contributed by atoms with van der Waals surface area (Å²) in [7, 11) is 0. The van der Waals surface area contributed by atoms with Gasteiger partial charge >= 0.3 is 0 Å². The molecule has 0 spiro atoms. The normalized spacial score (nSPS) is 25.3. The van der Waals surface area contributed by atoms with Crippen LogP contribution in [0.2, 0.25) is 0 Å². The molecule has 1 aromatic carbocycles. The van der Waals surface area contributed by atoms with Gasteiger partial charge in [-0.3, -0.25) is 4.79 Å². The van der Waals surface area contributed by atoms with E-state index in [1.165, 1.54) is 11.1 Å². The fraction of sp³-hybridized carbons (Fsp3) is 0.562. The van der Waals surface area contributed by atoms with E-state index in [-0.39, 0.29) is 10.8 Å². The standard InChI is InChI=1S/C16H22O/c1-15(2,3)12-5-7-13(8-6-12)16(4)10-9-14(17)11-16/h5-8H,9-11H2,1-4H3. The second-order valence-electron chi connectivity index (χ2n) is 6.60. The summed E-state index contributed by atoms with van der Waals surface area (Å²) < 4.78 is 0. The van der Waals surface area contributed by atoms with Gasteiger partial charge in [0.1, 0.15) is 5.78 Å². The van der Waals surface area contributed by atoms with Crippen LogP contribution in [0.25, 0.3) is 0 Å². The van der Waals surface area contributed by atoms with E-state index < -0.39 is 0 Å². The lowest BCUT2D eigenvalue weighted by atomic mass is 9.79. The number of carbonyl (C=O) groups is 1. The molecule has 1 fully saturated rings. The molecule has 1 aliphatic rings. The first-order chi connectivity index (χ1) is 7.81. The van der Waals surface area contributed by atoms with Crippen molar-refractivity contribution in [3.8, 4) is 0 Å². The molecule has 0 aliphatic heterocycles. The highest BCUT2D eigenvalue weighted by molar-refractivity contribution is 5.82. The Hall–Kier alpha value is -1.11. The number of benzene rings is 1. The van der Waals surface area contributed by atoms with Gasteiger partial charge in [-0.2, -0.15) is 0 Å². The monoisotopic (exact) mass is 230 g/mol. The second-order valence-corrected chi connectivity index (χ2v) is 6.60. The van der Waals surface area contributed by atoms with Gasteiger partial charge in [0.05, 0.1) is 0 Å². The molecule has 17 heavy (non-hydrogen) atoms. The van der Waals surface area contributed by atoms with Crippen LogP contribution in [0.4, 0.5) is 0 Å². The molecule has 0 aromatic heterocycles. The summed E-state index contributed by atoms with van der Waals surface area (Å²) in [4.78, 5) is 11.5. The Morgan fingerprint density at radius 3 is 2.12 bits per heavy atom. The number of Topliss-reactive ketones (excluding diaryl/α,β-unsaturated/α-hetero) is 1. The Bertz CT molecular complexity index is 422. The molecule has 1 aromatic rings. The van der Waals surface area contributed by atoms with Gasteiger partial charge < -0.3 is 0 Å². The minimum absolute atomic E-state index is 0.0769. The van der Waals surface area contributed by atoms with Gasteiger partial charge in [0, 0.05) is 12.8 Å². The number of rotatable bonds is 1. The fourth-order valence-electron chi connectivity index (χ4n) is 2.65. The van der Waals surface area contributed by atoms with Crippen LogP contribution >= 0.6 is 0 Å². The molecule has 0 N–H and O–H groups in total. The summed E-state index contributed by atoms with van der Waals surface area (Å²) >= 11 is 0. The molecular weight excluding hydrogens is 208 g/mol. The molecular formula is C16H22O. The van der Waals surface area contributed by atoms with E-state index >= 15 is 0 Å². The highest BCUT2D eigenvalue weighted by Crippen LogP contribution is 2.39. The van der Waals surface area contributed by atoms with Crippen LogP contribution < -0.4 is 0 Å². The Kier molecular flexibility index (Phi) is 2.89. The SMILES string of the molecule is CC(C)(C)c1ccc(C2(C)CCC(=O)C2)cc1. The molecule has 0 bridgehead atoms. The van der Waals surface area contributed by atoms with Crippen molar-refractivity contribution >= 4 is 5.78 Å². The van der Waals surface area contributed by atoms with Crippen molar-refractivity contribution < 1.29 is 4.79 Å². The van der Waals surface area contributed by atoms with Crippen molar-refractivity contribution in [3.63, 3.8) is 0 Å². The first-order valence-corrected chi connectivity index (χ1v) is 6.44. The van der Waals surface area contributed by atoms with Gasteiger partial charge in [0.25, 0.3) is 0 Å². The van der Waals surface area contributed by atoms with Crippen molar-refractivity contribution in [3.05, 3.63) is 35.4 Å². The van der Waals surface area contributed by atoms with Gasteiger partial charge in [-0.1, -0.05) is 52.0 Å². The Balaban J connectivity index is 2.27. The van der Waals surface area contributed by atoms with Gasteiger partial charge in [-0.15, -0.1) is 0 Å². The Labute approximate surface area is 104 Å². The highest BCUT2D eigenvalue weighted by atomic mass is 16.1. The molecule has 1 atom stereocenters. The van der Waals surface area contributed by atoms with E-state index in [1.54, 1.807) is 0 Å². The van der Waals surface area contributed by atoms with Crippen molar-refractivity contribution in [2.75, 3.05) is 0 Å². The summed E-state index contributed by atoms with van der Waals surface area (Å²) in [6, 6.07) is 8.84. The molecule has 2 rings (SSSR count). The molecule has 1 heteroatoms. The first-order valence-electron chi connectivity index (χ1n) is 6.44. The third kappa shape index (κ3) is 2.43. The van der Waals surface area contributed by atoms with Gasteiger partial charge in [-0.05, 0) is 28.4 Å².